The first-order chi connectivity index (χ1) is 9.34. The van der Waals surface area contributed by atoms with Crippen molar-refractivity contribution in [3.05, 3.63) is 54.6 Å². The molecule has 0 aliphatic heterocycles. The molecule has 2 rings (SSSR count). The molecule has 0 amide bonds. The van der Waals surface area contributed by atoms with E-state index < -0.39 is 0 Å². The average Bonchev–Trinajstić information content (AvgIpc) is 2.70. The molecule has 20 heavy (non-hydrogen) atoms. The molecule has 0 aliphatic rings. The first kappa shape index (κ1) is 16.2. The van der Waals surface area contributed by atoms with E-state index in [2.05, 4.69) is 88.3 Å². The van der Waals surface area contributed by atoms with Crippen LogP contribution in [0.3, 0.4) is 0 Å². The van der Waals surface area contributed by atoms with Crippen molar-refractivity contribution in [2.24, 2.45) is 0 Å². The van der Waals surface area contributed by atoms with E-state index >= 15 is 0 Å². The maximum Gasteiger partial charge on any atom is 0.0843 e. The molecule has 1 aromatic heterocycles. The first-order valence-corrected chi connectivity index (χ1v) is 8.96. The van der Waals surface area contributed by atoms with E-state index in [1.54, 1.807) is 11.3 Å². The van der Waals surface area contributed by atoms with Crippen LogP contribution in [0.2, 0.25) is 0 Å². The summed E-state index contributed by atoms with van der Waals surface area (Å²) in [4.78, 5) is 1.31. The summed E-state index contributed by atoms with van der Waals surface area (Å²) < 4.78 is 2.26. The Bertz CT molecular complexity index is 579. The Morgan fingerprint density at radius 3 is 2.30 bits per heavy atom. The molecular formula is C16H19Br2NS. The maximum absolute atomic E-state index is 3.59. The van der Waals surface area contributed by atoms with Crippen LogP contribution in [-0.4, -0.2) is 7.05 Å². The smallest absolute Gasteiger partial charge is 0.0843 e. The zero-order valence-corrected chi connectivity index (χ0v) is 16.1. The molecule has 1 aromatic carbocycles. The monoisotopic (exact) mass is 415 g/mol. The SMILES string of the molecule is CNC(c1cc(Br)c(Br)s1)c1ccccc1C(C)(C)C. The highest BCUT2D eigenvalue weighted by molar-refractivity contribution is 9.13. The summed E-state index contributed by atoms with van der Waals surface area (Å²) in [6.45, 7) is 6.79. The Balaban J connectivity index is 2.53. The summed E-state index contributed by atoms with van der Waals surface area (Å²) in [7, 11) is 2.02. The molecule has 0 bridgehead atoms. The zero-order valence-electron chi connectivity index (χ0n) is 12.1. The first-order valence-electron chi connectivity index (χ1n) is 6.56. The van der Waals surface area contributed by atoms with Crippen molar-refractivity contribution in [1.29, 1.82) is 0 Å². The molecule has 108 valence electrons. The Morgan fingerprint density at radius 2 is 1.80 bits per heavy atom. The summed E-state index contributed by atoms with van der Waals surface area (Å²) in [5.74, 6) is 0. The van der Waals surface area contributed by atoms with Crippen molar-refractivity contribution in [1.82, 2.24) is 5.32 Å². The number of nitrogens with one attached hydrogen (secondary N) is 1. The highest BCUT2D eigenvalue weighted by Gasteiger charge is 2.24. The van der Waals surface area contributed by atoms with Crippen LogP contribution in [0.15, 0.2) is 38.6 Å². The van der Waals surface area contributed by atoms with Crippen LogP contribution >= 0.6 is 43.2 Å². The van der Waals surface area contributed by atoms with E-state index in [4.69, 9.17) is 0 Å². The third-order valence-corrected chi connectivity index (χ3v) is 6.64. The van der Waals surface area contributed by atoms with Gasteiger partial charge in [0.15, 0.2) is 0 Å². The summed E-state index contributed by atoms with van der Waals surface area (Å²) in [6, 6.07) is 11.1. The van der Waals surface area contributed by atoms with Gasteiger partial charge in [-0.2, -0.15) is 0 Å². The lowest BCUT2D eigenvalue weighted by Crippen LogP contribution is -2.22. The summed E-state index contributed by atoms with van der Waals surface area (Å²) in [5, 5.41) is 3.46. The second kappa shape index (κ2) is 6.30. The molecule has 0 saturated carbocycles. The second-order valence-corrected chi connectivity index (χ2v) is 9.09. The molecule has 0 radical (unpaired) electrons. The molecule has 2 aromatic rings. The van der Waals surface area contributed by atoms with Crippen LogP contribution in [0.1, 0.15) is 42.8 Å². The number of hydrogen-bond acceptors (Lipinski definition) is 2. The minimum Gasteiger partial charge on any atom is -0.309 e. The van der Waals surface area contributed by atoms with E-state index in [0.29, 0.717) is 0 Å². The van der Waals surface area contributed by atoms with E-state index in [-0.39, 0.29) is 11.5 Å². The molecule has 0 fully saturated rings. The summed E-state index contributed by atoms with van der Waals surface area (Å²) >= 11 is 8.94. The number of thiophene rings is 1. The molecule has 1 N–H and O–H groups in total. The van der Waals surface area contributed by atoms with Crippen LogP contribution < -0.4 is 5.32 Å². The van der Waals surface area contributed by atoms with Gasteiger partial charge in [0, 0.05) is 9.35 Å². The quantitative estimate of drug-likeness (QED) is 0.658. The van der Waals surface area contributed by atoms with Crippen molar-refractivity contribution in [3.63, 3.8) is 0 Å². The Labute approximate surface area is 142 Å². The van der Waals surface area contributed by atoms with Crippen molar-refractivity contribution in [3.8, 4) is 0 Å². The number of halogens is 2. The number of benzene rings is 1. The Hall–Kier alpha value is -0.160. The van der Waals surface area contributed by atoms with Crippen LogP contribution in [0.4, 0.5) is 0 Å². The third kappa shape index (κ3) is 3.35. The maximum atomic E-state index is 3.59. The molecule has 4 heteroatoms. The zero-order chi connectivity index (χ0) is 14.9. The predicted octanol–water partition coefficient (Wildman–Crippen LogP) is 5.88. The Kier molecular flexibility index (Phi) is 5.11. The molecule has 1 nitrogen and oxygen atoms in total. The second-order valence-electron chi connectivity index (χ2n) is 5.83. The summed E-state index contributed by atoms with van der Waals surface area (Å²) in [6.07, 6.45) is 0. The van der Waals surface area contributed by atoms with Gasteiger partial charge in [-0.05, 0) is 61.5 Å². The van der Waals surface area contributed by atoms with Crippen LogP contribution in [0.25, 0.3) is 0 Å². The van der Waals surface area contributed by atoms with E-state index in [1.165, 1.54) is 16.0 Å². The molecule has 0 aliphatic carbocycles. The lowest BCUT2D eigenvalue weighted by Gasteiger charge is -2.27. The molecular weight excluding hydrogens is 398 g/mol. The number of rotatable bonds is 3. The Morgan fingerprint density at radius 1 is 1.15 bits per heavy atom. The fourth-order valence-electron chi connectivity index (χ4n) is 2.39. The topological polar surface area (TPSA) is 12.0 Å². The van der Waals surface area contributed by atoms with Gasteiger partial charge in [0.25, 0.3) is 0 Å². The van der Waals surface area contributed by atoms with Crippen molar-refractivity contribution in [2.45, 2.75) is 32.2 Å². The van der Waals surface area contributed by atoms with E-state index in [0.717, 1.165) is 8.26 Å². The van der Waals surface area contributed by atoms with Gasteiger partial charge in [0.1, 0.15) is 0 Å². The summed E-state index contributed by atoms with van der Waals surface area (Å²) in [5.41, 5.74) is 2.88. The molecule has 1 heterocycles. The van der Waals surface area contributed by atoms with Gasteiger partial charge in [-0.1, -0.05) is 45.0 Å². The minimum absolute atomic E-state index is 0.136. The highest BCUT2D eigenvalue weighted by atomic mass is 79.9. The van der Waals surface area contributed by atoms with Crippen LogP contribution in [-0.2, 0) is 5.41 Å². The van der Waals surface area contributed by atoms with Crippen molar-refractivity contribution < 1.29 is 0 Å². The minimum atomic E-state index is 0.136. The van der Waals surface area contributed by atoms with Gasteiger partial charge in [0.05, 0.1) is 9.83 Å². The van der Waals surface area contributed by atoms with E-state index in [1.807, 2.05) is 7.05 Å². The van der Waals surface area contributed by atoms with Gasteiger partial charge in [0.2, 0.25) is 0 Å². The van der Waals surface area contributed by atoms with Crippen molar-refractivity contribution >= 4 is 43.2 Å². The molecule has 0 saturated heterocycles. The van der Waals surface area contributed by atoms with E-state index in [9.17, 15) is 0 Å². The fraction of sp³-hybridized carbons (Fsp3) is 0.375. The van der Waals surface area contributed by atoms with Crippen LogP contribution in [0, 0.1) is 0 Å². The largest absolute Gasteiger partial charge is 0.309 e. The fourth-order valence-corrected chi connectivity index (χ4v) is 4.61. The van der Waals surface area contributed by atoms with Gasteiger partial charge < -0.3 is 5.32 Å². The van der Waals surface area contributed by atoms with Gasteiger partial charge in [-0.15, -0.1) is 11.3 Å². The predicted molar refractivity (Wildman–Crippen MR) is 95.8 cm³/mol. The lowest BCUT2D eigenvalue weighted by molar-refractivity contribution is 0.568. The number of hydrogen-bond donors (Lipinski definition) is 1. The highest BCUT2D eigenvalue weighted by Crippen LogP contribution is 2.39. The van der Waals surface area contributed by atoms with Crippen molar-refractivity contribution in [2.75, 3.05) is 7.05 Å². The third-order valence-electron chi connectivity index (χ3n) is 3.32. The standard InChI is InChI=1S/C16H19Br2NS/c1-16(2,3)11-8-6-5-7-10(11)14(19-4)13-9-12(17)15(18)20-13/h5-9,14,19H,1-4H3. The normalized spacial score (nSPS) is 13.5. The molecule has 1 atom stereocenters. The van der Waals surface area contributed by atoms with Gasteiger partial charge >= 0.3 is 0 Å². The lowest BCUT2D eigenvalue weighted by atomic mass is 9.81. The van der Waals surface area contributed by atoms with Gasteiger partial charge in [-0.25, -0.2) is 0 Å². The van der Waals surface area contributed by atoms with Crippen LogP contribution in [0.5, 0.6) is 0 Å². The van der Waals surface area contributed by atoms with Gasteiger partial charge in [-0.3, -0.25) is 0 Å². The molecule has 0 spiro atoms. The average molecular weight is 417 g/mol. The molecule has 1 unspecified atom stereocenters.